The lowest BCUT2D eigenvalue weighted by molar-refractivity contribution is 0.101. The molecule has 3 aliphatic rings. The number of ether oxygens (including phenoxy) is 2. The minimum atomic E-state index is -0.465. The summed E-state index contributed by atoms with van der Waals surface area (Å²) in [6, 6.07) is 47.3. The van der Waals surface area contributed by atoms with Crippen molar-refractivity contribution in [1.82, 2.24) is 29.7 Å². The summed E-state index contributed by atoms with van der Waals surface area (Å²) < 4.78 is 24.8. The zero-order chi connectivity index (χ0) is 69.8. The number of carbonyl (C=O) groups excluding carboxylic acids is 3. The van der Waals surface area contributed by atoms with Gasteiger partial charge in [-0.05, 0) is 178 Å². The summed E-state index contributed by atoms with van der Waals surface area (Å²) in [6.07, 6.45) is 15.4. The Morgan fingerprint density at radius 1 is 0.414 bits per heavy atom. The minimum absolute atomic E-state index is 0.242. The van der Waals surface area contributed by atoms with Gasteiger partial charge in [0, 0.05) is 102 Å². The van der Waals surface area contributed by atoms with E-state index in [4.69, 9.17) is 72.1 Å². The largest absolute Gasteiger partial charge is 0.497 e. The second-order valence-electron chi connectivity index (χ2n) is 24.1. The van der Waals surface area contributed by atoms with Crippen molar-refractivity contribution in [2.75, 3.05) is 69.4 Å². The standard InChI is InChI=1S/C26H26Cl2N4O2.C26H27ClN4O2.C25H24ClFN4O/c1-34-23-15-20(28)14-22(26(33)31-24-11-9-19(27)16-30-24)21(23)10-6-17-4-7-18(8-5-17)25(29)32-12-2-3-13-32;1-33-22-12-10-19(23(16-22)26(32)30-24-13-11-21(27)17-29-24)7-4-18-5-8-20(9-6-18)25(28)31-14-2-3-15-31;26-20-10-12-23(29-16-20)30-25(32)22-15-21(27)11-9-18(22)6-3-17-4-7-19(8-5-17)24(28)31-13-1-2-14-31/h4-5,7-9,11,14-16,29H,2-3,6,10,12-13H2,1H3,(H,30,31,33);5-6,8-13,16-17,28H,2-4,7,14-15H2,1H3,(H,29,30,32);4-5,7-12,15-16,28H,1-3,6,13-14H2,(H,29,30,32). The fraction of sp³-hybridized carbons (Fsp3) is 0.260. The molecule has 6 N–H and O–H groups in total. The van der Waals surface area contributed by atoms with Crippen molar-refractivity contribution in [3.63, 3.8) is 0 Å². The average Bonchev–Trinajstić information content (AvgIpc) is 1.28. The molecule has 0 spiro atoms. The molecule has 0 bridgehead atoms. The Labute approximate surface area is 596 Å². The van der Waals surface area contributed by atoms with Crippen LogP contribution in [0.2, 0.25) is 20.1 Å². The second-order valence-corrected chi connectivity index (χ2v) is 25.9. The quantitative estimate of drug-likeness (QED) is 0.0311. The molecule has 6 heterocycles. The van der Waals surface area contributed by atoms with Gasteiger partial charge in [0.15, 0.2) is 0 Å². The van der Waals surface area contributed by atoms with Gasteiger partial charge in [-0.1, -0.05) is 131 Å². The molecule has 0 saturated carbocycles. The summed E-state index contributed by atoms with van der Waals surface area (Å²) in [7, 11) is 3.15. The molecule has 22 heteroatoms. The van der Waals surface area contributed by atoms with Gasteiger partial charge in [-0.25, -0.2) is 19.3 Å². The molecule has 12 rings (SSSR count). The predicted molar refractivity (Wildman–Crippen MR) is 393 cm³/mol. The Kier molecular flexibility index (Phi) is 25.6. The van der Waals surface area contributed by atoms with E-state index in [2.05, 4.69) is 57.7 Å². The first-order valence-electron chi connectivity index (χ1n) is 32.9. The van der Waals surface area contributed by atoms with Crippen molar-refractivity contribution in [2.45, 2.75) is 77.0 Å². The number of carbonyl (C=O) groups is 3. The predicted octanol–water partition coefficient (Wildman–Crippen LogP) is 16.4. The summed E-state index contributed by atoms with van der Waals surface area (Å²) in [5.41, 5.74) is 9.88. The van der Waals surface area contributed by atoms with Crippen molar-refractivity contribution in [3.05, 3.63) is 269 Å². The van der Waals surface area contributed by atoms with E-state index in [9.17, 15) is 18.8 Å². The lowest BCUT2D eigenvalue weighted by atomic mass is 9.97. The number of methoxy groups -OCH3 is 2. The first-order valence-corrected chi connectivity index (χ1v) is 34.4. The average molecular weight is 1410 g/mol. The smallest absolute Gasteiger partial charge is 0.257 e. The van der Waals surface area contributed by atoms with Crippen LogP contribution in [-0.2, 0) is 38.5 Å². The molecule has 99 heavy (non-hydrogen) atoms. The molecular weight excluding hydrogens is 1330 g/mol. The van der Waals surface area contributed by atoms with Crippen molar-refractivity contribution in [2.24, 2.45) is 0 Å². The highest BCUT2D eigenvalue weighted by molar-refractivity contribution is 6.32. The molecule has 0 radical (unpaired) electrons. The highest BCUT2D eigenvalue weighted by Gasteiger charge is 2.23. The van der Waals surface area contributed by atoms with Crippen LogP contribution in [0.3, 0.4) is 0 Å². The Bertz CT molecular complexity index is 4280. The molecule has 3 fully saturated rings. The fourth-order valence-electron chi connectivity index (χ4n) is 11.9. The van der Waals surface area contributed by atoms with Crippen molar-refractivity contribution >= 4 is 99.1 Å². The number of pyridine rings is 3. The van der Waals surface area contributed by atoms with Crippen LogP contribution in [0.25, 0.3) is 0 Å². The number of amides is 3. The molecule has 3 saturated heterocycles. The first-order chi connectivity index (χ1) is 48.0. The highest BCUT2D eigenvalue weighted by atomic mass is 35.5. The van der Waals surface area contributed by atoms with Gasteiger partial charge in [0.1, 0.15) is 52.3 Å². The topological polar surface area (TPSA) is 226 Å². The summed E-state index contributed by atoms with van der Waals surface area (Å²) in [5, 5.41) is 35.4. The van der Waals surface area contributed by atoms with Gasteiger partial charge in [-0.15, -0.1) is 0 Å². The number of hydrogen-bond donors (Lipinski definition) is 6. The Balaban J connectivity index is 0.000000161. The van der Waals surface area contributed by atoms with E-state index in [1.807, 2.05) is 72.8 Å². The van der Waals surface area contributed by atoms with E-state index in [1.165, 1.54) is 30.7 Å². The van der Waals surface area contributed by atoms with E-state index in [-0.39, 0.29) is 17.4 Å². The first kappa shape index (κ1) is 72.0. The molecule has 6 aromatic carbocycles. The molecule has 0 atom stereocenters. The highest BCUT2D eigenvalue weighted by Crippen LogP contribution is 2.31. The number of benzene rings is 6. The number of nitrogens with one attached hydrogen (secondary N) is 6. The zero-order valence-electron chi connectivity index (χ0n) is 55.1. The van der Waals surface area contributed by atoms with Crippen LogP contribution >= 0.6 is 46.4 Å². The Hall–Kier alpha value is -9.72. The van der Waals surface area contributed by atoms with Gasteiger partial charge >= 0.3 is 0 Å². The van der Waals surface area contributed by atoms with E-state index in [1.54, 1.807) is 74.9 Å². The number of amidine groups is 3. The van der Waals surface area contributed by atoms with Gasteiger partial charge in [-0.3, -0.25) is 30.6 Å². The lowest BCUT2D eigenvalue weighted by Crippen LogP contribution is -2.27. The third-order valence-corrected chi connectivity index (χ3v) is 18.3. The number of nitrogens with zero attached hydrogens (tertiary/aromatic N) is 6. The van der Waals surface area contributed by atoms with E-state index >= 15 is 0 Å². The number of aromatic nitrogens is 3. The third-order valence-electron chi connectivity index (χ3n) is 17.4. The molecule has 3 aromatic heterocycles. The maximum absolute atomic E-state index is 13.9. The van der Waals surface area contributed by atoms with Crippen molar-refractivity contribution in [1.29, 1.82) is 16.2 Å². The van der Waals surface area contributed by atoms with Gasteiger partial charge in [0.25, 0.3) is 17.7 Å². The second kappa shape index (κ2) is 35.2. The normalized spacial score (nSPS) is 13.1. The fourth-order valence-corrected chi connectivity index (χ4v) is 12.5. The van der Waals surface area contributed by atoms with Crippen LogP contribution in [-0.4, -0.2) is 118 Å². The van der Waals surface area contributed by atoms with E-state index in [0.717, 1.165) is 134 Å². The molecule has 3 amide bonds. The number of halogens is 5. The van der Waals surface area contributed by atoms with Crippen LogP contribution < -0.4 is 25.4 Å². The molecule has 17 nitrogen and oxygen atoms in total. The number of likely N-dealkylation sites (tertiary alicyclic amines) is 3. The Morgan fingerprint density at radius 3 is 1.14 bits per heavy atom. The molecule has 0 aliphatic carbocycles. The van der Waals surface area contributed by atoms with Crippen LogP contribution in [0, 0.1) is 22.0 Å². The Morgan fingerprint density at radius 2 is 0.778 bits per heavy atom. The zero-order valence-corrected chi connectivity index (χ0v) is 58.1. The summed E-state index contributed by atoms with van der Waals surface area (Å²) in [6.45, 7) is 5.73. The summed E-state index contributed by atoms with van der Waals surface area (Å²) in [5.74, 6) is 2.69. The SMILES string of the molecule is COc1cc(Cl)cc(C(=O)Nc2ccc(Cl)cn2)c1CCc1ccc(C(=N)N2CCCC2)cc1.COc1ccc(CCc2ccc(C(=N)N3CCCC3)cc2)c(C(=O)Nc2ccc(Cl)cn2)c1.N=C(c1ccc(CCc2ccc(F)cc2C(=O)Nc2ccc(Cl)cn2)cc1)N1CCCC1. The van der Waals surface area contributed by atoms with Gasteiger partial charge in [0.2, 0.25) is 0 Å². The van der Waals surface area contributed by atoms with Crippen molar-refractivity contribution < 1.29 is 28.2 Å². The number of aryl methyl sites for hydroxylation is 5. The summed E-state index contributed by atoms with van der Waals surface area (Å²) in [4.78, 5) is 57.5. The van der Waals surface area contributed by atoms with E-state index in [0.29, 0.717) is 110 Å². The third kappa shape index (κ3) is 20.2. The van der Waals surface area contributed by atoms with Crippen LogP contribution in [0.15, 0.2) is 176 Å². The molecular formula is C77H77Cl4FN12O5. The van der Waals surface area contributed by atoms with E-state index < -0.39 is 11.7 Å². The molecule has 510 valence electrons. The van der Waals surface area contributed by atoms with Crippen LogP contribution in [0.4, 0.5) is 21.8 Å². The lowest BCUT2D eigenvalue weighted by Gasteiger charge is -2.18. The maximum atomic E-state index is 13.9. The number of rotatable bonds is 20. The van der Waals surface area contributed by atoms with Gasteiger partial charge in [-0.2, -0.15) is 0 Å². The maximum Gasteiger partial charge on any atom is 0.257 e. The monoisotopic (exact) mass is 1410 g/mol. The number of hydrogen-bond acceptors (Lipinski definition) is 11. The molecule has 3 aliphatic heterocycles. The van der Waals surface area contributed by atoms with Gasteiger partial charge < -0.3 is 40.1 Å². The molecule has 0 unspecified atom stereocenters. The van der Waals surface area contributed by atoms with Gasteiger partial charge in [0.05, 0.1) is 29.3 Å². The molecule has 9 aromatic rings. The minimum Gasteiger partial charge on any atom is -0.497 e. The summed E-state index contributed by atoms with van der Waals surface area (Å²) >= 11 is 23.9. The number of anilines is 3. The van der Waals surface area contributed by atoms with Crippen molar-refractivity contribution in [3.8, 4) is 11.5 Å². The van der Waals surface area contributed by atoms with Crippen LogP contribution in [0.5, 0.6) is 11.5 Å². The van der Waals surface area contributed by atoms with Crippen LogP contribution in [0.1, 0.15) is 120 Å².